The maximum absolute atomic E-state index is 13.9. The molecule has 38 heavy (non-hydrogen) atoms. The number of benzene rings is 3. The first-order valence-electron chi connectivity index (χ1n) is 13.2. The van der Waals surface area contributed by atoms with E-state index in [0.29, 0.717) is 36.3 Å². The third kappa shape index (κ3) is 6.71. The fourth-order valence-electron chi connectivity index (χ4n) is 4.72. The summed E-state index contributed by atoms with van der Waals surface area (Å²) in [4.78, 5) is 15.9. The summed E-state index contributed by atoms with van der Waals surface area (Å²) in [6, 6.07) is 23.7. The van der Waals surface area contributed by atoms with E-state index in [9.17, 15) is 4.79 Å². The molecule has 1 amide bonds. The lowest BCUT2D eigenvalue weighted by atomic mass is 9.93. The third-order valence-electron chi connectivity index (χ3n) is 6.85. The molecule has 3 aromatic carbocycles. The Morgan fingerprint density at radius 3 is 2.45 bits per heavy atom. The van der Waals surface area contributed by atoms with Crippen molar-refractivity contribution in [2.24, 2.45) is 0 Å². The van der Waals surface area contributed by atoms with Crippen LogP contribution >= 0.6 is 23.2 Å². The summed E-state index contributed by atoms with van der Waals surface area (Å²) < 4.78 is 11.8. The average molecular weight is 552 g/mol. The van der Waals surface area contributed by atoms with Gasteiger partial charge in [0.1, 0.15) is 11.5 Å². The van der Waals surface area contributed by atoms with Gasteiger partial charge in [-0.25, -0.2) is 0 Å². The highest BCUT2D eigenvalue weighted by atomic mass is 35.5. The van der Waals surface area contributed by atoms with Crippen molar-refractivity contribution in [3.63, 3.8) is 0 Å². The van der Waals surface area contributed by atoms with Crippen LogP contribution in [0.25, 0.3) is 5.57 Å². The van der Waals surface area contributed by atoms with E-state index in [1.54, 1.807) is 6.07 Å². The summed E-state index contributed by atoms with van der Waals surface area (Å²) >= 11 is 12.7. The van der Waals surface area contributed by atoms with Crippen molar-refractivity contribution in [3.05, 3.63) is 99.5 Å². The lowest BCUT2D eigenvalue weighted by molar-refractivity contribution is -0.128. The number of hydrogen-bond acceptors (Lipinski definition) is 4. The van der Waals surface area contributed by atoms with Gasteiger partial charge < -0.3 is 19.7 Å². The van der Waals surface area contributed by atoms with Gasteiger partial charge in [-0.05, 0) is 72.8 Å². The number of carbonyl (C=O) groups excluding carboxylic acids is 1. The molecule has 3 aromatic rings. The number of halogens is 2. The Bertz CT molecular complexity index is 1290. The monoisotopic (exact) mass is 550 g/mol. The molecule has 0 atom stereocenters. The molecule has 1 N–H and O–H groups in total. The molecule has 1 fully saturated rings. The Balaban J connectivity index is 1.28. The molecule has 0 saturated heterocycles. The van der Waals surface area contributed by atoms with Crippen molar-refractivity contribution < 1.29 is 14.3 Å². The molecule has 0 unspecified atom stereocenters. The number of para-hydroxylation sites is 1. The van der Waals surface area contributed by atoms with E-state index in [1.807, 2.05) is 65.6 Å². The smallest absolute Gasteiger partial charge is 0.251 e. The highest BCUT2D eigenvalue weighted by Crippen LogP contribution is 2.35. The van der Waals surface area contributed by atoms with Crippen molar-refractivity contribution in [3.8, 4) is 11.5 Å². The molecule has 7 heteroatoms. The minimum absolute atomic E-state index is 0.0649. The van der Waals surface area contributed by atoms with Crippen molar-refractivity contribution >= 4 is 34.7 Å². The topological polar surface area (TPSA) is 50.8 Å². The summed E-state index contributed by atoms with van der Waals surface area (Å²) in [6.07, 6.45) is 3.58. The number of nitrogens with zero attached hydrogens (tertiary/aromatic N) is 1. The van der Waals surface area contributed by atoms with Gasteiger partial charge in [0.05, 0.1) is 23.3 Å². The number of nitrogens with one attached hydrogen (secondary N) is 1. The molecule has 0 radical (unpaired) electrons. The number of hydrogen-bond donors (Lipinski definition) is 1. The predicted octanol–water partition coefficient (Wildman–Crippen LogP) is 6.78. The number of amides is 1. The van der Waals surface area contributed by atoms with Gasteiger partial charge in [-0.3, -0.25) is 4.79 Å². The zero-order valence-electron chi connectivity index (χ0n) is 21.3. The summed E-state index contributed by atoms with van der Waals surface area (Å²) in [5.41, 5.74) is 3.80. The van der Waals surface area contributed by atoms with E-state index in [-0.39, 0.29) is 11.9 Å². The van der Waals surface area contributed by atoms with E-state index in [4.69, 9.17) is 32.7 Å². The fourth-order valence-corrected chi connectivity index (χ4v) is 5.10. The molecule has 1 aliphatic heterocycles. The van der Waals surface area contributed by atoms with E-state index in [0.717, 1.165) is 66.0 Å². The SMILES string of the molecule is O=C(C1=C(c2cccc(OCCCOc3ccccc3)c2)CCNC1)N(Cc1cccc(Cl)c1Cl)C1CC1. The molecule has 0 aromatic heterocycles. The van der Waals surface area contributed by atoms with Gasteiger partial charge in [0, 0.05) is 31.1 Å². The van der Waals surface area contributed by atoms with Gasteiger partial charge in [0.2, 0.25) is 0 Å². The van der Waals surface area contributed by atoms with Gasteiger partial charge >= 0.3 is 0 Å². The van der Waals surface area contributed by atoms with Crippen LogP contribution in [-0.4, -0.2) is 43.2 Å². The second kappa shape index (κ2) is 12.7. The van der Waals surface area contributed by atoms with E-state index >= 15 is 0 Å². The number of ether oxygens (including phenoxy) is 2. The molecule has 0 bridgehead atoms. The molecule has 5 rings (SSSR count). The van der Waals surface area contributed by atoms with Crippen molar-refractivity contribution in [2.75, 3.05) is 26.3 Å². The highest BCUT2D eigenvalue weighted by molar-refractivity contribution is 6.42. The predicted molar refractivity (Wildman–Crippen MR) is 153 cm³/mol. The van der Waals surface area contributed by atoms with Crippen LogP contribution in [0, 0.1) is 0 Å². The van der Waals surface area contributed by atoms with E-state index in [2.05, 4.69) is 11.4 Å². The van der Waals surface area contributed by atoms with Crippen molar-refractivity contribution in [1.29, 1.82) is 0 Å². The Kier molecular flexibility index (Phi) is 8.90. The van der Waals surface area contributed by atoms with Crippen molar-refractivity contribution in [1.82, 2.24) is 10.2 Å². The Hall–Kier alpha value is -2.99. The first kappa shape index (κ1) is 26.6. The summed E-state index contributed by atoms with van der Waals surface area (Å²) in [6.45, 7) is 2.97. The molecular formula is C31H32Cl2N2O3. The zero-order valence-corrected chi connectivity index (χ0v) is 22.8. The minimum Gasteiger partial charge on any atom is -0.493 e. The largest absolute Gasteiger partial charge is 0.493 e. The molecule has 2 aliphatic rings. The van der Waals surface area contributed by atoms with E-state index < -0.39 is 0 Å². The first-order chi connectivity index (χ1) is 18.6. The Morgan fingerprint density at radius 1 is 0.921 bits per heavy atom. The van der Waals surface area contributed by atoms with Crippen LogP contribution in [0.5, 0.6) is 11.5 Å². The first-order valence-corrected chi connectivity index (χ1v) is 13.9. The van der Waals surface area contributed by atoms with Crippen LogP contribution in [0.2, 0.25) is 10.0 Å². The Morgan fingerprint density at radius 2 is 1.66 bits per heavy atom. The molecule has 1 heterocycles. The molecular weight excluding hydrogens is 519 g/mol. The van der Waals surface area contributed by atoms with Gasteiger partial charge in [-0.15, -0.1) is 0 Å². The lowest BCUT2D eigenvalue weighted by Crippen LogP contribution is -2.39. The zero-order chi connectivity index (χ0) is 26.3. The Labute approximate surface area is 234 Å². The van der Waals surface area contributed by atoms with Gasteiger partial charge in [0.15, 0.2) is 0 Å². The maximum Gasteiger partial charge on any atom is 0.251 e. The van der Waals surface area contributed by atoms with Crippen LogP contribution in [0.15, 0.2) is 78.4 Å². The van der Waals surface area contributed by atoms with Gasteiger partial charge in [-0.1, -0.05) is 65.7 Å². The second-order valence-corrected chi connectivity index (χ2v) is 10.4. The van der Waals surface area contributed by atoms with Crippen LogP contribution in [0.1, 0.15) is 36.8 Å². The minimum atomic E-state index is 0.0649. The fraction of sp³-hybridized carbons (Fsp3) is 0.323. The van der Waals surface area contributed by atoms with Crippen LogP contribution in [-0.2, 0) is 11.3 Å². The highest BCUT2D eigenvalue weighted by Gasteiger charge is 2.35. The van der Waals surface area contributed by atoms with Crippen LogP contribution < -0.4 is 14.8 Å². The van der Waals surface area contributed by atoms with Crippen LogP contribution in [0.3, 0.4) is 0 Å². The molecule has 1 aliphatic carbocycles. The molecule has 5 nitrogen and oxygen atoms in total. The van der Waals surface area contributed by atoms with Crippen molar-refractivity contribution in [2.45, 2.75) is 38.3 Å². The van der Waals surface area contributed by atoms with Crippen LogP contribution in [0.4, 0.5) is 0 Å². The number of rotatable bonds is 11. The summed E-state index contributed by atoms with van der Waals surface area (Å²) in [5, 5.41) is 4.42. The second-order valence-electron chi connectivity index (χ2n) is 9.65. The quantitative estimate of drug-likeness (QED) is 0.267. The third-order valence-corrected chi connectivity index (χ3v) is 7.71. The molecule has 198 valence electrons. The van der Waals surface area contributed by atoms with Gasteiger partial charge in [0.25, 0.3) is 5.91 Å². The maximum atomic E-state index is 13.9. The normalized spacial score (nSPS) is 15.3. The van der Waals surface area contributed by atoms with E-state index in [1.165, 1.54) is 0 Å². The lowest BCUT2D eigenvalue weighted by Gasteiger charge is -2.28. The standard InChI is InChI=1S/C31H32Cl2N2O3/c32-29-12-5-8-23(30(29)33)21-35(24-13-14-24)31(36)28-20-34-16-15-27(28)22-7-4-11-26(19-22)38-18-6-17-37-25-9-2-1-3-10-25/h1-5,7-12,19,24,34H,6,13-18,20-21H2. The molecule has 0 spiro atoms. The summed E-state index contributed by atoms with van der Waals surface area (Å²) in [5.74, 6) is 1.72. The van der Waals surface area contributed by atoms with Gasteiger partial charge in [-0.2, -0.15) is 0 Å². The molecule has 1 saturated carbocycles. The summed E-state index contributed by atoms with van der Waals surface area (Å²) in [7, 11) is 0. The average Bonchev–Trinajstić information content (AvgIpc) is 3.80. The number of carbonyl (C=O) groups is 1.